The highest BCUT2D eigenvalue weighted by Crippen LogP contribution is 2.47. The van der Waals surface area contributed by atoms with Crippen LogP contribution in [0.2, 0.25) is 0 Å². The molecule has 0 radical (unpaired) electrons. The molecule has 35 heavy (non-hydrogen) atoms. The third-order valence-electron chi connectivity index (χ3n) is 6.42. The summed E-state index contributed by atoms with van der Waals surface area (Å²) in [4.78, 5) is 9.85. The van der Waals surface area contributed by atoms with Gasteiger partial charge in [-0.25, -0.2) is 9.97 Å². The van der Waals surface area contributed by atoms with E-state index in [0.717, 1.165) is 61.5 Å². The maximum Gasteiger partial charge on any atom is 0.160 e. The number of aromatic nitrogens is 2. The van der Waals surface area contributed by atoms with Crippen LogP contribution in [-0.4, -0.2) is 9.97 Å². The Morgan fingerprint density at radius 2 is 1.29 bits per heavy atom. The highest BCUT2D eigenvalue weighted by Gasteiger charge is 2.21. The molecule has 0 bridgehead atoms. The third-order valence-corrected chi connectivity index (χ3v) is 6.42. The molecule has 0 N–H and O–H groups in total. The molecule has 5 aromatic carbocycles. The van der Waals surface area contributed by atoms with E-state index in [2.05, 4.69) is 36.4 Å². The van der Waals surface area contributed by atoms with Crippen LogP contribution in [0.5, 0.6) is 11.5 Å². The van der Waals surface area contributed by atoms with E-state index in [4.69, 9.17) is 16.1 Å². The molecule has 0 atom stereocenters. The Morgan fingerprint density at radius 1 is 0.543 bits per heavy atom. The second kappa shape index (κ2) is 7.93. The Kier molecular flexibility index (Phi) is 4.22. The maximum atomic E-state index is 7.85. The van der Waals surface area contributed by atoms with E-state index in [9.17, 15) is 0 Å². The molecule has 7 rings (SSSR count). The first kappa shape index (κ1) is 18.6. The molecule has 0 unspecified atom stereocenters. The van der Waals surface area contributed by atoms with E-state index in [1.54, 1.807) is 12.1 Å². The molecule has 3 nitrogen and oxygen atoms in total. The number of nitrogens with zero attached hydrogens (tertiary/aromatic N) is 2. The molecule has 0 saturated carbocycles. The van der Waals surface area contributed by atoms with Crippen molar-refractivity contribution in [1.29, 1.82) is 0 Å². The molecule has 0 spiro atoms. The zero-order valence-corrected chi connectivity index (χ0v) is 18.8. The fraction of sp³-hybridized carbons (Fsp3) is 0. The van der Waals surface area contributed by atoms with Crippen LogP contribution >= 0.6 is 0 Å². The average molecular weight is 450 g/mol. The summed E-state index contributed by atoms with van der Waals surface area (Å²) in [5, 5.41) is 2.29. The number of fused-ring (bicyclic) bond motifs is 2. The molecule has 3 heteroatoms. The Morgan fingerprint density at radius 3 is 2.11 bits per heavy atom. The first-order chi connectivity index (χ1) is 17.7. The fourth-order valence-electron chi connectivity index (χ4n) is 4.74. The van der Waals surface area contributed by atoms with Crippen molar-refractivity contribution in [2.24, 2.45) is 0 Å². The highest BCUT2D eigenvalue weighted by atomic mass is 16.5. The van der Waals surface area contributed by atoms with Crippen molar-refractivity contribution in [3.05, 3.63) is 121 Å². The standard InChI is InChI=1S/C32H20N2O/c1-3-9-21(10-4-1)27-20-28(34-32(33-27)23-11-5-2-6-12-23)24-17-18-29-26(19-24)25-15-7-13-22-14-8-16-30(35-29)31(22)25/h1-20H/i1D. The number of ether oxygens (including phenoxy) is 1. The molecule has 1 aliphatic heterocycles. The number of benzene rings is 5. The van der Waals surface area contributed by atoms with Crippen molar-refractivity contribution in [2.45, 2.75) is 0 Å². The van der Waals surface area contributed by atoms with Gasteiger partial charge in [-0.2, -0.15) is 0 Å². The fourth-order valence-corrected chi connectivity index (χ4v) is 4.74. The number of hydrogen-bond acceptors (Lipinski definition) is 3. The van der Waals surface area contributed by atoms with Crippen LogP contribution in [0.15, 0.2) is 121 Å². The van der Waals surface area contributed by atoms with E-state index in [1.807, 2.05) is 66.7 Å². The molecule has 0 amide bonds. The summed E-state index contributed by atoms with van der Waals surface area (Å²) in [6.45, 7) is 0. The van der Waals surface area contributed by atoms with Crippen molar-refractivity contribution in [1.82, 2.24) is 9.97 Å². The van der Waals surface area contributed by atoms with Gasteiger partial charge < -0.3 is 4.74 Å². The molecule has 6 aromatic rings. The Bertz CT molecular complexity index is 1760. The van der Waals surface area contributed by atoms with Crippen LogP contribution in [0.4, 0.5) is 0 Å². The lowest BCUT2D eigenvalue weighted by Gasteiger charge is -2.22. The predicted molar refractivity (Wildman–Crippen MR) is 141 cm³/mol. The summed E-state index contributed by atoms with van der Waals surface area (Å²) in [6, 6.07) is 38.7. The van der Waals surface area contributed by atoms with Gasteiger partial charge in [0, 0.05) is 27.6 Å². The topological polar surface area (TPSA) is 35.0 Å². The monoisotopic (exact) mass is 449 g/mol. The van der Waals surface area contributed by atoms with Gasteiger partial charge >= 0.3 is 0 Å². The summed E-state index contributed by atoms with van der Waals surface area (Å²) in [7, 11) is 0. The second-order valence-corrected chi connectivity index (χ2v) is 8.59. The Balaban J connectivity index is 1.42. The minimum Gasteiger partial charge on any atom is -0.456 e. The van der Waals surface area contributed by atoms with Gasteiger partial charge in [0.1, 0.15) is 11.5 Å². The van der Waals surface area contributed by atoms with Crippen molar-refractivity contribution in [2.75, 3.05) is 0 Å². The lowest BCUT2D eigenvalue weighted by molar-refractivity contribution is 0.487. The minimum atomic E-state index is 0.473. The number of rotatable bonds is 3. The molecule has 1 aliphatic rings. The van der Waals surface area contributed by atoms with Crippen LogP contribution in [-0.2, 0) is 0 Å². The highest BCUT2D eigenvalue weighted by molar-refractivity contribution is 6.04. The van der Waals surface area contributed by atoms with Crippen molar-refractivity contribution < 1.29 is 6.11 Å². The van der Waals surface area contributed by atoms with E-state index in [0.29, 0.717) is 11.9 Å². The molecule has 0 aliphatic carbocycles. The Labute approximate surface area is 204 Å². The minimum absolute atomic E-state index is 0.473. The summed E-state index contributed by atoms with van der Waals surface area (Å²) in [5.74, 6) is 2.39. The van der Waals surface area contributed by atoms with Crippen LogP contribution in [0, 0.1) is 0 Å². The molecular weight excluding hydrogens is 428 g/mol. The van der Waals surface area contributed by atoms with Crippen LogP contribution in [0.25, 0.3) is 55.8 Å². The van der Waals surface area contributed by atoms with Gasteiger partial charge in [0.05, 0.1) is 12.8 Å². The quantitative estimate of drug-likeness (QED) is 0.272. The second-order valence-electron chi connectivity index (χ2n) is 8.59. The molecule has 164 valence electrons. The lowest BCUT2D eigenvalue weighted by atomic mass is 9.93. The molecule has 0 saturated heterocycles. The molecular formula is C32H20N2O. The smallest absolute Gasteiger partial charge is 0.160 e. The van der Waals surface area contributed by atoms with Gasteiger partial charge in [-0.1, -0.05) is 91.0 Å². The van der Waals surface area contributed by atoms with Gasteiger partial charge in [0.15, 0.2) is 5.82 Å². The average Bonchev–Trinajstić information content (AvgIpc) is 2.94. The normalized spacial score (nSPS) is 12.1. The van der Waals surface area contributed by atoms with Crippen molar-refractivity contribution in [3.63, 3.8) is 0 Å². The van der Waals surface area contributed by atoms with Crippen LogP contribution in [0.1, 0.15) is 1.37 Å². The first-order valence-electron chi connectivity index (χ1n) is 12.1. The SMILES string of the molecule is [2H]c1ccc(-c2cc(-c3ccc4c(c3)-c3cccc5cccc(c35)O4)nc(-c3ccccc3)n2)cc1. The van der Waals surface area contributed by atoms with Gasteiger partial charge in [-0.05, 0) is 41.3 Å². The van der Waals surface area contributed by atoms with Gasteiger partial charge in [0.2, 0.25) is 0 Å². The van der Waals surface area contributed by atoms with E-state index in [1.165, 1.54) is 0 Å². The van der Waals surface area contributed by atoms with Crippen molar-refractivity contribution >= 4 is 10.8 Å². The van der Waals surface area contributed by atoms with Gasteiger partial charge in [0.25, 0.3) is 0 Å². The lowest BCUT2D eigenvalue weighted by Crippen LogP contribution is -1.99. The summed E-state index contributed by atoms with van der Waals surface area (Å²) in [6.07, 6.45) is 0. The largest absolute Gasteiger partial charge is 0.456 e. The Hall–Kier alpha value is -4.76. The van der Waals surface area contributed by atoms with Crippen molar-refractivity contribution in [3.8, 4) is 56.5 Å². The molecule has 2 heterocycles. The van der Waals surface area contributed by atoms with E-state index in [-0.39, 0.29) is 0 Å². The zero-order chi connectivity index (χ0) is 24.1. The maximum absolute atomic E-state index is 7.85. The first-order valence-corrected chi connectivity index (χ1v) is 11.6. The summed E-state index contributed by atoms with van der Waals surface area (Å²) in [5.41, 5.74) is 6.77. The summed E-state index contributed by atoms with van der Waals surface area (Å²) >= 11 is 0. The van der Waals surface area contributed by atoms with Gasteiger partial charge in [-0.3, -0.25) is 0 Å². The van der Waals surface area contributed by atoms with Crippen LogP contribution < -0.4 is 4.74 Å². The molecule has 1 aromatic heterocycles. The van der Waals surface area contributed by atoms with E-state index < -0.39 is 0 Å². The van der Waals surface area contributed by atoms with Crippen LogP contribution in [0.3, 0.4) is 0 Å². The third kappa shape index (κ3) is 3.37. The summed E-state index contributed by atoms with van der Waals surface area (Å²) < 4.78 is 14.1. The number of hydrogen-bond donors (Lipinski definition) is 0. The predicted octanol–water partition coefficient (Wildman–Crippen LogP) is 8.40. The van der Waals surface area contributed by atoms with Gasteiger partial charge in [-0.15, -0.1) is 0 Å². The zero-order valence-electron chi connectivity index (χ0n) is 19.8. The van der Waals surface area contributed by atoms with E-state index >= 15 is 0 Å². The molecule has 0 fully saturated rings.